The maximum atomic E-state index is 11.9. The lowest BCUT2D eigenvalue weighted by atomic mass is 10.1. The molecule has 0 atom stereocenters. The van der Waals surface area contributed by atoms with E-state index >= 15 is 0 Å². The summed E-state index contributed by atoms with van der Waals surface area (Å²) in [4.78, 5) is 17.3. The molecule has 0 saturated carbocycles. The zero-order valence-corrected chi connectivity index (χ0v) is 10.8. The van der Waals surface area contributed by atoms with E-state index in [1.54, 1.807) is 32.3 Å². The highest BCUT2D eigenvalue weighted by molar-refractivity contribution is 5.95. The summed E-state index contributed by atoms with van der Waals surface area (Å²) in [5.74, 6) is 0.436. The van der Waals surface area contributed by atoms with Gasteiger partial charge in [0.2, 0.25) is 6.39 Å². The summed E-state index contributed by atoms with van der Waals surface area (Å²) >= 11 is 0. The largest absolute Gasteiger partial charge is 0.397 e. The second-order valence-corrected chi connectivity index (χ2v) is 4.20. The van der Waals surface area contributed by atoms with E-state index in [-0.39, 0.29) is 5.91 Å². The van der Waals surface area contributed by atoms with E-state index in [1.165, 1.54) is 11.3 Å². The molecule has 1 aromatic heterocycles. The van der Waals surface area contributed by atoms with Crippen LogP contribution in [0.3, 0.4) is 0 Å². The van der Waals surface area contributed by atoms with Crippen LogP contribution in [0.4, 0.5) is 11.4 Å². The van der Waals surface area contributed by atoms with Gasteiger partial charge in [0.15, 0.2) is 5.82 Å². The number of carbonyl (C=O) groups excluding carboxylic acids is 1. The molecule has 100 valence electrons. The van der Waals surface area contributed by atoms with Crippen LogP contribution < -0.4 is 11.1 Å². The van der Waals surface area contributed by atoms with Gasteiger partial charge in [-0.25, -0.2) is 0 Å². The Morgan fingerprint density at radius 2 is 2.26 bits per heavy atom. The van der Waals surface area contributed by atoms with Crippen LogP contribution in [0, 0.1) is 0 Å². The molecular weight excluding hydrogens is 246 g/mol. The van der Waals surface area contributed by atoms with E-state index in [2.05, 4.69) is 20.0 Å². The van der Waals surface area contributed by atoms with Crippen molar-refractivity contribution in [1.29, 1.82) is 0 Å². The lowest BCUT2D eigenvalue weighted by molar-refractivity contribution is 0.0827. The second-order valence-electron chi connectivity index (χ2n) is 4.20. The first-order chi connectivity index (χ1) is 9.08. The van der Waals surface area contributed by atoms with Crippen LogP contribution in [0.5, 0.6) is 0 Å². The number of benzene rings is 1. The fourth-order valence-electron chi connectivity index (χ4n) is 1.55. The maximum absolute atomic E-state index is 11.9. The minimum Gasteiger partial charge on any atom is -0.397 e. The Hall–Kier alpha value is -2.57. The van der Waals surface area contributed by atoms with Crippen molar-refractivity contribution in [3.05, 3.63) is 36.0 Å². The van der Waals surface area contributed by atoms with E-state index in [0.29, 0.717) is 29.3 Å². The maximum Gasteiger partial charge on any atom is 0.253 e. The molecule has 0 spiro atoms. The van der Waals surface area contributed by atoms with E-state index in [0.717, 1.165) is 0 Å². The molecule has 0 aliphatic rings. The Morgan fingerprint density at radius 1 is 1.47 bits per heavy atom. The van der Waals surface area contributed by atoms with Gasteiger partial charge in [0.1, 0.15) is 0 Å². The van der Waals surface area contributed by atoms with Crippen molar-refractivity contribution in [3.63, 3.8) is 0 Å². The quantitative estimate of drug-likeness (QED) is 0.796. The molecule has 2 rings (SSSR count). The highest BCUT2D eigenvalue weighted by atomic mass is 16.5. The third-order valence-corrected chi connectivity index (χ3v) is 2.55. The molecule has 1 heterocycles. The van der Waals surface area contributed by atoms with Gasteiger partial charge < -0.3 is 20.5 Å². The number of nitrogen functional groups attached to an aromatic ring is 1. The van der Waals surface area contributed by atoms with Gasteiger partial charge in [0.25, 0.3) is 5.91 Å². The first-order valence-electron chi connectivity index (χ1n) is 5.68. The van der Waals surface area contributed by atoms with Gasteiger partial charge in [0.05, 0.1) is 17.9 Å². The van der Waals surface area contributed by atoms with Crippen molar-refractivity contribution < 1.29 is 9.32 Å². The molecule has 7 nitrogen and oxygen atoms in total. The van der Waals surface area contributed by atoms with Gasteiger partial charge in [-0.1, -0.05) is 5.16 Å². The minimum absolute atomic E-state index is 0.0809. The molecule has 0 unspecified atom stereocenters. The molecule has 0 aliphatic carbocycles. The zero-order valence-electron chi connectivity index (χ0n) is 10.8. The number of hydrogen-bond donors (Lipinski definition) is 2. The summed E-state index contributed by atoms with van der Waals surface area (Å²) in [6, 6.07) is 5.09. The molecule has 3 N–H and O–H groups in total. The lowest BCUT2D eigenvalue weighted by Crippen LogP contribution is -2.21. The molecule has 2 aromatic rings. The fourth-order valence-corrected chi connectivity index (χ4v) is 1.55. The molecule has 0 radical (unpaired) electrons. The molecule has 0 saturated heterocycles. The van der Waals surface area contributed by atoms with Gasteiger partial charge in [-0.3, -0.25) is 4.79 Å². The summed E-state index contributed by atoms with van der Waals surface area (Å²) < 4.78 is 4.63. The van der Waals surface area contributed by atoms with E-state index in [1.807, 2.05) is 0 Å². The number of anilines is 2. The molecule has 1 aromatic carbocycles. The van der Waals surface area contributed by atoms with Crippen LogP contribution in [0.1, 0.15) is 16.2 Å². The predicted molar refractivity (Wildman–Crippen MR) is 70.5 cm³/mol. The van der Waals surface area contributed by atoms with E-state index in [4.69, 9.17) is 5.73 Å². The summed E-state index contributed by atoms with van der Waals surface area (Å²) in [7, 11) is 3.40. The average Bonchev–Trinajstić information content (AvgIpc) is 2.90. The highest BCUT2D eigenvalue weighted by Gasteiger charge is 2.10. The third-order valence-electron chi connectivity index (χ3n) is 2.55. The first-order valence-corrected chi connectivity index (χ1v) is 5.68. The molecule has 0 fully saturated rings. The van der Waals surface area contributed by atoms with Gasteiger partial charge in [-0.05, 0) is 18.2 Å². The normalized spacial score (nSPS) is 10.2. The average molecular weight is 261 g/mol. The first kappa shape index (κ1) is 12.9. The van der Waals surface area contributed by atoms with Crippen molar-refractivity contribution in [2.45, 2.75) is 6.54 Å². The van der Waals surface area contributed by atoms with Crippen molar-refractivity contribution in [3.8, 4) is 0 Å². The summed E-state index contributed by atoms with van der Waals surface area (Å²) in [5, 5.41) is 6.75. The number of hydrogen-bond acceptors (Lipinski definition) is 6. The molecule has 19 heavy (non-hydrogen) atoms. The number of nitrogens with one attached hydrogen (secondary N) is 1. The summed E-state index contributed by atoms with van der Waals surface area (Å²) in [6.07, 6.45) is 1.26. The topological polar surface area (TPSA) is 97.3 Å². The van der Waals surface area contributed by atoms with Crippen molar-refractivity contribution in [2.24, 2.45) is 0 Å². The minimum atomic E-state index is -0.0809. The van der Waals surface area contributed by atoms with Crippen molar-refractivity contribution in [1.82, 2.24) is 15.0 Å². The Labute approximate surface area is 110 Å². The van der Waals surface area contributed by atoms with Gasteiger partial charge in [-0.2, -0.15) is 4.98 Å². The number of amides is 1. The molecule has 1 amide bonds. The van der Waals surface area contributed by atoms with Crippen LogP contribution in [0.2, 0.25) is 0 Å². The fraction of sp³-hybridized carbons (Fsp3) is 0.250. The Balaban J connectivity index is 2.15. The highest BCUT2D eigenvalue weighted by Crippen LogP contribution is 2.21. The summed E-state index contributed by atoms with van der Waals surface area (Å²) in [5.41, 5.74) is 7.64. The number of nitrogens with zero attached hydrogens (tertiary/aromatic N) is 3. The predicted octanol–water partition coefficient (Wildman–Crippen LogP) is 0.966. The van der Waals surface area contributed by atoms with Crippen LogP contribution >= 0.6 is 0 Å². The van der Waals surface area contributed by atoms with Crippen molar-refractivity contribution in [2.75, 3.05) is 25.1 Å². The Kier molecular flexibility index (Phi) is 3.65. The van der Waals surface area contributed by atoms with Gasteiger partial charge in [-0.15, -0.1) is 0 Å². The van der Waals surface area contributed by atoms with Crippen LogP contribution in [0.15, 0.2) is 29.1 Å². The summed E-state index contributed by atoms with van der Waals surface area (Å²) in [6.45, 7) is 0.375. The number of carbonyl (C=O) groups is 1. The number of nitrogens with two attached hydrogens (primary N) is 1. The third kappa shape index (κ3) is 3.01. The molecule has 0 bridgehead atoms. The number of aromatic nitrogens is 2. The SMILES string of the molecule is CN(C)C(=O)c1ccc(N)c(NCc2ncon2)c1. The second kappa shape index (κ2) is 5.38. The van der Waals surface area contributed by atoms with E-state index < -0.39 is 0 Å². The van der Waals surface area contributed by atoms with Crippen molar-refractivity contribution >= 4 is 17.3 Å². The zero-order chi connectivity index (χ0) is 13.8. The molecule has 0 aliphatic heterocycles. The van der Waals surface area contributed by atoms with Crippen LogP contribution in [-0.2, 0) is 6.54 Å². The van der Waals surface area contributed by atoms with Gasteiger partial charge in [0, 0.05) is 19.7 Å². The van der Waals surface area contributed by atoms with Gasteiger partial charge >= 0.3 is 0 Å². The van der Waals surface area contributed by atoms with Crippen LogP contribution in [0.25, 0.3) is 0 Å². The monoisotopic (exact) mass is 261 g/mol. The molecule has 7 heteroatoms. The van der Waals surface area contributed by atoms with Crippen LogP contribution in [-0.4, -0.2) is 35.0 Å². The van der Waals surface area contributed by atoms with E-state index in [9.17, 15) is 4.79 Å². The Bertz CT molecular complexity index is 566. The lowest BCUT2D eigenvalue weighted by Gasteiger charge is -2.13. The smallest absolute Gasteiger partial charge is 0.253 e. The number of rotatable bonds is 4. The standard InChI is InChI=1S/C12H15N5O2/c1-17(2)12(18)8-3-4-9(13)10(5-8)14-6-11-15-7-19-16-11/h3-5,7,14H,6,13H2,1-2H3. The molecular formula is C12H15N5O2. The Morgan fingerprint density at radius 3 is 2.89 bits per heavy atom.